The number of benzene rings is 1. The number of aryl methyl sites for hydroxylation is 1. The minimum Gasteiger partial charge on any atom is -0.493 e. The predicted octanol–water partition coefficient (Wildman–Crippen LogP) is 2.76. The van der Waals surface area contributed by atoms with Crippen LogP contribution >= 0.6 is 11.3 Å². The number of piperidine rings is 1. The van der Waals surface area contributed by atoms with Crippen LogP contribution in [0.1, 0.15) is 35.1 Å². The molecule has 1 spiro atoms. The second-order valence-electron chi connectivity index (χ2n) is 8.15. The van der Waals surface area contributed by atoms with E-state index in [0.29, 0.717) is 41.2 Å². The fourth-order valence-corrected chi connectivity index (χ4v) is 5.88. The molecule has 33 heavy (non-hydrogen) atoms. The average molecular weight is 477 g/mol. The fraction of sp³-hybridized carbons (Fsp3) is 0.545. The molecule has 1 N–H and O–H groups in total. The van der Waals surface area contributed by atoms with Crippen LogP contribution in [0, 0.1) is 6.92 Å². The Morgan fingerprint density at radius 1 is 1.06 bits per heavy atom. The Bertz CT molecular complexity index is 1120. The number of aromatic nitrogens is 3. The van der Waals surface area contributed by atoms with Crippen LogP contribution in [0.4, 0.5) is 0 Å². The molecule has 4 heterocycles. The lowest BCUT2D eigenvalue weighted by Gasteiger charge is -2.41. The van der Waals surface area contributed by atoms with E-state index in [1.54, 1.807) is 28.3 Å². The Hall–Kier alpha value is -2.60. The third-order valence-corrected chi connectivity index (χ3v) is 7.37. The molecular formula is C22H28N4O6S. The summed E-state index contributed by atoms with van der Waals surface area (Å²) in [6.07, 6.45) is 1.49. The van der Waals surface area contributed by atoms with Gasteiger partial charge >= 0.3 is 0 Å². The van der Waals surface area contributed by atoms with Crippen LogP contribution in [0.3, 0.4) is 0 Å². The molecule has 10 nitrogen and oxygen atoms in total. The molecule has 0 aliphatic carbocycles. The normalized spacial score (nSPS) is 19.3. The van der Waals surface area contributed by atoms with E-state index < -0.39 is 5.79 Å². The molecule has 0 radical (unpaired) electrons. The molecule has 0 amide bonds. The Balaban J connectivity index is 1.60. The Kier molecular flexibility index (Phi) is 5.81. The van der Waals surface area contributed by atoms with Crippen molar-refractivity contribution in [2.75, 3.05) is 47.6 Å². The minimum absolute atomic E-state index is 0.0861. The summed E-state index contributed by atoms with van der Waals surface area (Å²) in [5.41, 5.74) is 0.908. The Morgan fingerprint density at radius 3 is 2.24 bits per heavy atom. The minimum atomic E-state index is -0.499. The van der Waals surface area contributed by atoms with E-state index >= 15 is 0 Å². The standard InChI is InChI=1S/C22H28N4O6S/c1-13-23-21-26(24-13)20(27)19(33-21)17(25-7-5-22(6-8-25)31-9-10-32-22)14-11-15(28-2)18(30-4)16(12-14)29-3/h11-12,17,27H,5-10H2,1-4H3/t17-/m0/s1. The largest absolute Gasteiger partial charge is 0.493 e. The summed E-state index contributed by atoms with van der Waals surface area (Å²) in [7, 11) is 4.77. The zero-order valence-corrected chi connectivity index (χ0v) is 20.0. The van der Waals surface area contributed by atoms with Crippen molar-refractivity contribution in [1.82, 2.24) is 19.5 Å². The van der Waals surface area contributed by atoms with Gasteiger partial charge < -0.3 is 28.8 Å². The highest BCUT2D eigenvalue weighted by Gasteiger charge is 2.42. The van der Waals surface area contributed by atoms with E-state index in [1.807, 2.05) is 12.1 Å². The first kappa shape index (κ1) is 22.2. The molecule has 0 saturated carbocycles. The highest BCUT2D eigenvalue weighted by atomic mass is 32.1. The number of ether oxygens (including phenoxy) is 5. The van der Waals surface area contributed by atoms with Crippen LogP contribution in [0.2, 0.25) is 0 Å². The lowest BCUT2D eigenvalue weighted by Crippen LogP contribution is -2.46. The van der Waals surface area contributed by atoms with E-state index in [9.17, 15) is 5.11 Å². The number of thiazole rings is 1. The first-order valence-electron chi connectivity index (χ1n) is 10.9. The first-order chi connectivity index (χ1) is 16.0. The predicted molar refractivity (Wildman–Crippen MR) is 121 cm³/mol. The summed E-state index contributed by atoms with van der Waals surface area (Å²) >= 11 is 1.42. The number of hydrogen-bond acceptors (Lipinski definition) is 10. The molecule has 2 saturated heterocycles. The van der Waals surface area contributed by atoms with Crippen molar-refractivity contribution < 1.29 is 28.8 Å². The summed E-state index contributed by atoms with van der Waals surface area (Å²) in [6.45, 7) is 4.52. The highest BCUT2D eigenvalue weighted by molar-refractivity contribution is 7.17. The second kappa shape index (κ2) is 8.64. The van der Waals surface area contributed by atoms with Gasteiger partial charge in [-0.05, 0) is 24.6 Å². The van der Waals surface area contributed by atoms with Gasteiger partial charge in [-0.2, -0.15) is 4.52 Å². The van der Waals surface area contributed by atoms with Crippen LogP contribution in [0.5, 0.6) is 23.1 Å². The van der Waals surface area contributed by atoms with E-state index in [0.717, 1.165) is 36.4 Å². The van der Waals surface area contributed by atoms with E-state index in [1.165, 1.54) is 15.9 Å². The summed E-state index contributed by atoms with van der Waals surface area (Å²) in [5, 5.41) is 15.5. The van der Waals surface area contributed by atoms with Crippen molar-refractivity contribution in [2.24, 2.45) is 0 Å². The number of fused-ring (bicyclic) bond motifs is 1. The van der Waals surface area contributed by atoms with Crippen molar-refractivity contribution in [1.29, 1.82) is 0 Å². The van der Waals surface area contributed by atoms with Gasteiger partial charge in [-0.25, -0.2) is 4.98 Å². The molecule has 5 rings (SSSR count). The van der Waals surface area contributed by atoms with Gasteiger partial charge in [0.2, 0.25) is 16.6 Å². The SMILES string of the molecule is COc1cc([C@@H](c2sc3nc(C)nn3c2O)N2CCC3(CC2)OCCO3)cc(OC)c1OC. The van der Waals surface area contributed by atoms with E-state index in [2.05, 4.69) is 15.0 Å². The molecule has 2 aromatic heterocycles. The number of methoxy groups -OCH3 is 3. The van der Waals surface area contributed by atoms with Crippen molar-refractivity contribution >= 4 is 16.3 Å². The first-order valence-corrected chi connectivity index (χ1v) is 11.7. The van der Waals surface area contributed by atoms with Crippen LogP contribution < -0.4 is 14.2 Å². The molecule has 2 fully saturated rings. The summed E-state index contributed by atoms with van der Waals surface area (Å²) < 4.78 is 30.1. The van der Waals surface area contributed by atoms with Crippen LogP contribution in [0.15, 0.2) is 12.1 Å². The fourth-order valence-electron chi connectivity index (χ4n) is 4.72. The van der Waals surface area contributed by atoms with E-state index in [4.69, 9.17) is 23.7 Å². The van der Waals surface area contributed by atoms with E-state index in [-0.39, 0.29) is 11.9 Å². The number of hydrogen-bond donors (Lipinski definition) is 1. The molecule has 11 heteroatoms. The summed E-state index contributed by atoms with van der Waals surface area (Å²) in [6, 6.07) is 3.59. The smallest absolute Gasteiger partial charge is 0.230 e. The van der Waals surface area contributed by atoms with Gasteiger partial charge in [0.15, 0.2) is 17.3 Å². The topological polar surface area (TPSA) is 99.8 Å². The van der Waals surface area contributed by atoms with Gasteiger partial charge in [-0.1, -0.05) is 11.3 Å². The maximum atomic E-state index is 11.1. The van der Waals surface area contributed by atoms with Gasteiger partial charge in [-0.15, -0.1) is 5.10 Å². The summed E-state index contributed by atoms with van der Waals surface area (Å²) in [5.74, 6) is 1.84. The van der Waals surface area contributed by atoms with Crippen LogP contribution in [0.25, 0.3) is 4.96 Å². The summed E-state index contributed by atoms with van der Waals surface area (Å²) in [4.78, 5) is 8.17. The van der Waals surface area contributed by atoms with Crippen molar-refractivity contribution in [3.05, 3.63) is 28.4 Å². The molecule has 0 bridgehead atoms. The zero-order chi connectivity index (χ0) is 23.2. The maximum absolute atomic E-state index is 11.1. The second-order valence-corrected chi connectivity index (χ2v) is 9.16. The lowest BCUT2D eigenvalue weighted by molar-refractivity contribution is -0.187. The quantitative estimate of drug-likeness (QED) is 0.576. The molecule has 2 aliphatic rings. The average Bonchev–Trinajstić information content (AvgIpc) is 3.51. The molecule has 3 aromatic rings. The Labute approximate surface area is 195 Å². The van der Waals surface area contributed by atoms with Crippen LogP contribution in [-0.2, 0) is 9.47 Å². The van der Waals surface area contributed by atoms with Gasteiger partial charge in [-0.3, -0.25) is 4.90 Å². The molecule has 0 unspecified atom stereocenters. The molecule has 1 atom stereocenters. The monoisotopic (exact) mass is 476 g/mol. The maximum Gasteiger partial charge on any atom is 0.230 e. The molecule has 1 aromatic carbocycles. The van der Waals surface area contributed by atoms with Crippen molar-refractivity contribution in [2.45, 2.75) is 31.6 Å². The molecular weight excluding hydrogens is 448 g/mol. The zero-order valence-electron chi connectivity index (χ0n) is 19.2. The number of likely N-dealkylation sites (tertiary alicyclic amines) is 1. The third-order valence-electron chi connectivity index (χ3n) is 6.30. The lowest BCUT2D eigenvalue weighted by atomic mass is 9.97. The van der Waals surface area contributed by atoms with Gasteiger partial charge in [0.05, 0.1) is 45.5 Å². The number of aromatic hydroxyl groups is 1. The highest BCUT2D eigenvalue weighted by Crippen LogP contribution is 2.47. The molecule has 2 aliphatic heterocycles. The number of rotatable bonds is 6. The van der Waals surface area contributed by atoms with Gasteiger partial charge in [0, 0.05) is 25.9 Å². The van der Waals surface area contributed by atoms with Gasteiger partial charge in [0.25, 0.3) is 0 Å². The third kappa shape index (κ3) is 3.78. The van der Waals surface area contributed by atoms with Gasteiger partial charge in [0.1, 0.15) is 5.82 Å². The van der Waals surface area contributed by atoms with Crippen molar-refractivity contribution in [3.8, 4) is 23.1 Å². The Morgan fingerprint density at radius 2 is 1.70 bits per heavy atom. The number of nitrogens with zero attached hydrogens (tertiary/aromatic N) is 4. The molecule has 178 valence electrons. The van der Waals surface area contributed by atoms with Crippen LogP contribution in [-0.4, -0.2) is 78.0 Å². The van der Waals surface area contributed by atoms with Crippen molar-refractivity contribution in [3.63, 3.8) is 0 Å².